The summed E-state index contributed by atoms with van der Waals surface area (Å²) in [6, 6.07) is 8.31. The van der Waals surface area contributed by atoms with E-state index >= 15 is 0 Å². The van der Waals surface area contributed by atoms with Gasteiger partial charge in [-0.3, -0.25) is 4.99 Å². The Morgan fingerprint density at radius 2 is 1.83 bits per heavy atom. The van der Waals surface area contributed by atoms with Crippen LogP contribution in [0.25, 0.3) is 0 Å². The lowest BCUT2D eigenvalue weighted by Gasteiger charge is -2.30. The highest BCUT2D eigenvalue weighted by molar-refractivity contribution is 6.30. The van der Waals surface area contributed by atoms with Gasteiger partial charge in [-0.25, -0.2) is 0 Å². The fourth-order valence-electron chi connectivity index (χ4n) is 3.14. The molecule has 4 heteroatoms. The van der Waals surface area contributed by atoms with Crippen LogP contribution in [0.2, 0.25) is 5.02 Å². The minimum atomic E-state index is 0.439. The number of rotatable bonds is 2. The molecule has 1 saturated carbocycles. The number of hydrogen-bond acceptors (Lipinski definition) is 3. The van der Waals surface area contributed by atoms with Crippen molar-refractivity contribution in [1.82, 2.24) is 0 Å². The summed E-state index contributed by atoms with van der Waals surface area (Å²) >= 11 is 5.94. The van der Waals surface area contributed by atoms with Gasteiger partial charge in [0.05, 0.1) is 12.6 Å². The fraction of sp³-hybridized carbons (Fsp3) is 0.500. The second-order valence-electron chi connectivity index (χ2n) is 5.16. The summed E-state index contributed by atoms with van der Waals surface area (Å²) in [5.74, 6) is 1.37. The largest absolute Gasteiger partial charge is 0.370 e. The normalized spacial score (nSPS) is 24.6. The van der Waals surface area contributed by atoms with Gasteiger partial charge >= 0.3 is 0 Å². The van der Waals surface area contributed by atoms with Crippen LogP contribution in [0.4, 0.5) is 5.69 Å². The molecule has 1 aliphatic heterocycles. The smallest absolute Gasteiger partial charge is 0.196 e. The highest BCUT2D eigenvalue weighted by Crippen LogP contribution is 2.34. The first-order valence-corrected chi connectivity index (χ1v) is 6.98. The monoisotopic (exact) mass is 263 g/mol. The van der Waals surface area contributed by atoms with Crippen LogP contribution in [0.3, 0.4) is 0 Å². The van der Waals surface area contributed by atoms with Crippen molar-refractivity contribution in [3.8, 4) is 0 Å². The molecule has 2 aliphatic rings. The van der Waals surface area contributed by atoms with Crippen molar-refractivity contribution in [3.63, 3.8) is 0 Å². The first-order valence-electron chi connectivity index (χ1n) is 6.60. The van der Waals surface area contributed by atoms with Crippen molar-refractivity contribution >= 4 is 23.2 Å². The quantitative estimate of drug-likeness (QED) is 0.891. The standard InChI is InChI=1S/C14H18ClN3/c15-11-5-7-12(8-6-11)18-13(9-17-14(18)16)10-3-1-2-4-10/h5-8,10,13H,1-4,9H2,(H2,16,17). The van der Waals surface area contributed by atoms with E-state index in [0.29, 0.717) is 12.0 Å². The molecule has 1 fully saturated rings. The molecular weight excluding hydrogens is 246 g/mol. The molecule has 0 bridgehead atoms. The van der Waals surface area contributed by atoms with E-state index in [4.69, 9.17) is 17.3 Å². The van der Waals surface area contributed by atoms with Crippen molar-refractivity contribution in [2.45, 2.75) is 31.7 Å². The first kappa shape index (κ1) is 11.8. The van der Waals surface area contributed by atoms with Gasteiger partial charge in [-0.1, -0.05) is 24.4 Å². The minimum Gasteiger partial charge on any atom is -0.370 e. The lowest BCUT2D eigenvalue weighted by Crippen LogP contribution is -2.44. The maximum Gasteiger partial charge on any atom is 0.196 e. The van der Waals surface area contributed by atoms with Gasteiger partial charge < -0.3 is 10.6 Å². The Labute approximate surface area is 113 Å². The third-order valence-electron chi connectivity index (χ3n) is 4.07. The molecule has 0 amide bonds. The number of halogens is 1. The third-order valence-corrected chi connectivity index (χ3v) is 4.32. The number of benzene rings is 1. The molecule has 1 aromatic carbocycles. The molecular formula is C14H18ClN3. The van der Waals surface area contributed by atoms with Crippen LogP contribution in [0.15, 0.2) is 29.3 Å². The molecule has 18 heavy (non-hydrogen) atoms. The number of nitrogens with two attached hydrogens (primary N) is 1. The molecule has 3 nitrogen and oxygen atoms in total. The van der Waals surface area contributed by atoms with Crippen LogP contribution in [0.5, 0.6) is 0 Å². The average Bonchev–Trinajstić information content (AvgIpc) is 2.99. The van der Waals surface area contributed by atoms with Gasteiger partial charge in [0.2, 0.25) is 0 Å². The molecule has 2 N–H and O–H groups in total. The second-order valence-corrected chi connectivity index (χ2v) is 5.59. The number of aliphatic imine (C=N–C) groups is 1. The first-order chi connectivity index (χ1) is 8.75. The van der Waals surface area contributed by atoms with Crippen LogP contribution in [-0.4, -0.2) is 18.5 Å². The van der Waals surface area contributed by atoms with E-state index in [1.807, 2.05) is 24.3 Å². The summed E-state index contributed by atoms with van der Waals surface area (Å²) in [6.07, 6.45) is 5.29. The van der Waals surface area contributed by atoms with Crippen molar-refractivity contribution in [1.29, 1.82) is 0 Å². The minimum absolute atomic E-state index is 0.439. The van der Waals surface area contributed by atoms with E-state index in [1.54, 1.807) is 0 Å². The summed E-state index contributed by atoms with van der Waals surface area (Å²) in [5.41, 5.74) is 7.16. The summed E-state index contributed by atoms with van der Waals surface area (Å²) in [5, 5.41) is 0.755. The van der Waals surface area contributed by atoms with Crippen LogP contribution in [0, 0.1) is 5.92 Å². The molecule has 0 aromatic heterocycles. The van der Waals surface area contributed by atoms with Gasteiger partial charge in [0.15, 0.2) is 5.96 Å². The van der Waals surface area contributed by atoms with Crippen molar-refractivity contribution in [3.05, 3.63) is 29.3 Å². The zero-order chi connectivity index (χ0) is 12.5. The Balaban J connectivity index is 1.86. The van der Waals surface area contributed by atoms with Crippen molar-refractivity contribution in [2.24, 2.45) is 16.6 Å². The predicted molar refractivity (Wildman–Crippen MR) is 76.2 cm³/mol. The van der Waals surface area contributed by atoms with Gasteiger partial charge in [-0.15, -0.1) is 0 Å². The van der Waals surface area contributed by atoms with Crippen LogP contribution < -0.4 is 10.6 Å². The molecule has 1 aliphatic carbocycles. The number of nitrogens with zero attached hydrogens (tertiary/aromatic N) is 2. The summed E-state index contributed by atoms with van der Waals surface area (Å²) in [6.45, 7) is 0.832. The highest BCUT2D eigenvalue weighted by Gasteiger charge is 2.35. The second kappa shape index (κ2) is 4.81. The number of hydrogen-bond donors (Lipinski definition) is 1. The molecule has 1 unspecified atom stereocenters. The summed E-state index contributed by atoms with van der Waals surface area (Å²) in [7, 11) is 0. The zero-order valence-electron chi connectivity index (χ0n) is 10.3. The molecule has 3 rings (SSSR count). The lowest BCUT2D eigenvalue weighted by atomic mass is 9.97. The van der Waals surface area contributed by atoms with E-state index < -0.39 is 0 Å². The molecule has 1 heterocycles. The SMILES string of the molecule is NC1=NCC(C2CCCC2)N1c1ccc(Cl)cc1. The number of anilines is 1. The molecule has 0 saturated heterocycles. The van der Waals surface area contributed by atoms with E-state index in [2.05, 4.69) is 9.89 Å². The zero-order valence-corrected chi connectivity index (χ0v) is 11.1. The Kier molecular flexibility index (Phi) is 3.16. The van der Waals surface area contributed by atoms with Crippen LogP contribution >= 0.6 is 11.6 Å². The van der Waals surface area contributed by atoms with E-state index in [9.17, 15) is 0 Å². The Hall–Kier alpha value is -1.22. The molecule has 0 radical (unpaired) electrons. The van der Waals surface area contributed by atoms with Gasteiger partial charge in [-0.2, -0.15) is 0 Å². The third kappa shape index (κ3) is 2.07. The van der Waals surface area contributed by atoms with E-state index in [1.165, 1.54) is 25.7 Å². The average molecular weight is 264 g/mol. The van der Waals surface area contributed by atoms with Gasteiger partial charge in [0, 0.05) is 10.7 Å². The maximum atomic E-state index is 6.05. The fourth-order valence-corrected chi connectivity index (χ4v) is 3.27. The Bertz CT molecular complexity index is 449. The summed E-state index contributed by atoms with van der Waals surface area (Å²) in [4.78, 5) is 6.62. The lowest BCUT2D eigenvalue weighted by molar-refractivity contribution is 0.450. The molecule has 1 aromatic rings. The van der Waals surface area contributed by atoms with E-state index in [-0.39, 0.29) is 0 Å². The van der Waals surface area contributed by atoms with Crippen molar-refractivity contribution in [2.75, 3.05) is 11.4 Å². The maximum absolute atomic E-state index is 6.05. The van der Waals surface area contributed by atoms with E-state index in [0.717, 1.165) is 23.2 Å². The molecule has 1 atom stereocenters. The topological polar surface area (TPSA) is 41.6 Å². The number of guanidine groups is 1. The van der Waals surface area contributed by atoms with Gasteiger partial charge in [-0.05, 0) is 43.0 Å². The highest BCUT2D eigenvalue weighted by atomic mass is 35.5. The van der Waals surface area contributed by atoms with Crippen LogP contribution in [-0.2, 0) is 0 Å². The van der Waals surface area contributed by atoms with Gasteiger partial charge in [0.1, 0.15) is 0 Å². The Morgan fingerprint density at radius 3 is 2.50 bits per heavy atom. The molecule has 96 valence electrons. The summed E-state index contributed by atoms with van der Waals surface area (Å²) < 4.78 is 0. The Morgan fingerprint density at radius 1 is 1.17 bits per heavy atom. The van der Waals surface area contributed by atoms with Crippen molar-refractivity contribution < 1.29 is 0 Å². The van der Waals surface area contributed by atoms with Gasteiger partial charge in [0.25, 0.3) is 0 Å². The molecule has 0 spiro atoms. The predicted octanol–water partition coefficient (Wildman–Crippen LogP) is 3.03. The van der Waals surface area contributed by atoms with Crippen LogP contribution in [0.1, 0.15) is 25.7 Å².